The standard InChI is InChI=1S/C21H42O/c1-5-7-8-9-10-11-12-13-14-15-16-17-18-20(6-2)21(22)19(3)4/h19-20H,5-18H2,1-4H3. The van der Waals surface area contributed by atoms with Gasteiger partial charge in [0.2, 0.25) is 0 Å². The predicted molar refractivity (Wildman–Crippen MR) is 99.3 cm³/mol. The summed E-state index contributed by atoms with van der Waals surface area (Å²) >= 11 is 0. The lowest BCUT2D eigenvalue weighted by atomic mass is 9.88. The van der Waals surface area contributed by atoms with E-state index in [0.29, 0.717) is 11.7 Å². The van der Waals surface area contributed by atoms with Crippen LogP contribution in [0.25, 0.3) is 0 Å². The van der Waals surface area contributed by atoms with E-state index in [1.165, 1.54) is 77.0 Å². The van der Waals surface area contributed by atoms with Crippen LogP contribution in [0, 0.1) is 11.8 Å². The number of carbonyl (C=O) groups excluding carboxylic acids is 1. The summed E-state index contributed by atoms with van der Waals surface area (Å²) in [5, 5.41) is 0. The van der Waals surface area contributed by atoms with Gasteiger partial charge >= 0.3 is 0 Å². The van der Waals surface area contributed by atoms with Crippen molar-refractivity contribution in [1.29, 1.82) is 0 Å². The van der Waals surface area contributed by atoms with Crippen LogP contribution >= 0.6 is 0 Å². The van der Waals surface area contributed by atoms with E-state index in [9.17, 15) is 4.79 Å². The molecule has 0 radical (unpaired) electrons. The second kappa shape index (κ2) is 15.6. The Kier molecular flexibility index (Phi) is 15.3. The average Bonchev–Trinajstić information content (AvgIpc) is 2.51. The molecule has 1 unspecified atom stereocenters. The Morgan fingerprint density at radius 1 is 0.682 bits per heavy atom. The summed E-state index contributed by atoms with van der Waals surface area (Å²) < 4.78 is 0. The molecular formula is C21H42O. The van der Waals surface area contributed by atoms with Crippen LogP contribution in [0.1, 0.15) is 118 Å². The van der Waals surface area contributed by atoms with E-state index in [2.05, 4.69) is 13.8 Å². The predicted octanol–water partition coefficient (Wildman–Crippen LogP) is 7.33. The SMILES string of the molecule is CCCCCCCCCCCCCCC(CC)C(=O)C(C)C. The van der Waals surface area contributed by atoms with Gasteiger partial charge in [0.25, 0.3) is 0 Å². The highest BCUT2D eigenvalue weighted by Gasteiger charge is 2.18. The molecule has 132 valence electrons. The van der Waals surface area contributed by atoms with Gasteiger partial charge in [0.1, 0.15) is 5.78 Å². The Morgan fingerprint density at radius 3 is 1.45 bits per heavy atom. The number of Topliss-reactive ketones (excluding diaryl/α,β-unsaturated/α-hetero) is 1. The molecule has 0 aliphatic heterocycles. The molecule has 0 bridgehead atoms. The molecule has 0 amide bonds. The third kappa shape index (κ3) is 12.2. The first-order valence-corrected chi connectivity index (χ1v) is 10.2. The van der Waals surface area contributed by atoms with Gasteiger partial charge in [-0.05, 0) is 12.8 Å². The van der Waals surface area contributed by atoms with E-state index >= 15 is 0 Å². The van der Waals surface area contributed by atoms with E-state index < -0.39 is 0 Å². The molecule has 0 aromatic rings. The monoisotopic (exact) mass is 310 g/mol. The van der Waals surface area contributed by atoms with Crippen LogP contribution in [0.15, 0.2) is 0 Å². The van der Waals surface area contributed by atoms with Crippen molar-refractivity contribution in [2.75, 3.05) is 0 Å². The zero-order valence-electron chi connectivity index (χ0n) is 16.0. The third-order valence-corrected chi connectivity index (χ3v) is 4.87. The lowest BCUT2D eigenvalue weighted by molar-refractivity contribution is -0.126. The zero-order valence-corrected chi connectivity index (χ0v) is 16.0. The van der Waals surface area contributed by atoms with Crippen molar-refractivity contribution in [3.8, 4) is 0 Å². The highest BCUT2D eigenvalue weighted by Crippen LogP contribution is 2.19. The summed E-state index contributed by atoms with van der Waals surface area (Å²) in [6, 6.07) is 0. The Bertz CT molecular complexity index is 244. The molecule has 0 spiro atoms. The fraction of sp³-hybridized carbons (Fsp3) is 0.952. The Hall–Kier alpha value is -0.330. The fourth-order valence-electron chi connectivity index (χ4n) is 3.25. The van der Waals surface area contributed by atoms with Gasteiger partial charge in [-0.2, -0.15) is 0 Å². The van der Waals surface area contributed by atoms with E-state index in [1.807, 2.05) is 13.8 Å². The molecular weight excluding hydrogens is 268 g/mol. The first kappa shape index (κ1) is 21.7. The van der Waals surface area contributed by atoms with Crippen molar-refractivity contribution in [1.82, 2.24) is 0 Å². The highest BCUT2D eigenvalue weighted by molar-refractivity contribution is 5.82. The number of hydrogen-bond acceptors (Lipinski definition) is 1. The van der Waals surface area contributed by atoms with Crippen LogP contribution in [-0.2, 0) is 4.79 Å². The number of unbranched alkanes of at least 4 members (excludes halogenated alkanes) is 11. The summed E-state index contributed by atoms with van der Waals surface area (Å²) in [5.74, 6) is 1.01. The molecule has 1 nitrogen and oxygen atoms in total. The molecule has 0 aromatic carbocycles. The largest absolute Gasteiger partial charge is 0.299 e. The van der Waals surface area contributed by atoms with Gasteiger partial charge in [-0.25, -0.2) is 0 Å². The number of carbonyl (C=O) groups is 1. The van der Waals surface area contributed by atoms with Crippen LogP contribution in [0.3, 0.4) is 0 Å². The molecule has 1 heteroatoms. The van der Waals surface area contributed by atoms with Crippen LogP contribution in [-0.4, -0.2) is 5.78 Å². The van der Waals surface area contributed by atoms with E-state index in [0.717, 1.165) is 12.8 Å². The van der Waals surface area contributed by atoms with Gasteiger partial charge in [0, 0.05) is 11.8 Å². The smallest absolute Gasteiger partial charge is 0.138 e. The molecule has 0 N–H and O–H groups in total. The molecule has 0 saturated heterocycles. The lowest BCUT2D eigenvalue weighted by Crippen LogP contribution is -2.19. The maximum atomic E-state index is 12.0. The fourth-order valence-corrected chi connectivity index (χ4v) is 3.25. The topological polar surface area (TPSA) is 17.1 Å². The number of hydrogen-bond donors (Lipinski definition) is 0. The van der Waals surface area contributed by atoms with Crippen molar-refractivity contribution in [3.63, 3.8) is 0 Å². The minimum absolute atomic E-state index is 0.210. The maximum absolute atomic E-state index is 12.0. The van der Waals surface area contributed by atoms with Crippen LogP contribution in [0.4, 0.5) is 0 Å². The van der Waals surface area contributed by atoms with Crippen LogP contribution < -0.4 is 0 Å². The van der Waals surface area contributed by atoms with Gasteiger partial charge in [-0.15, -0.1) is 0 Å². The molecule has 0 fully saturated rings. The molecule has 0 aliphatic carbocycles. The third-order valence-electron chi connectivity index (χ3n) is 4.87. The van der Waals surface area contributed by atoms with Gasteiger partial charge in [-0.1, -0.05) is 105 Å². The first-order chi connectivity index (χ1) is 10.6. The summed E-state index contributed by atoms with van der Waals surface area (Å²) in [6.45, 7) is 8.51. The zero-order chi connectivity index (χ0) is 16.6. The number of rotatable bonds is 16. The van der Waals surface area contributed by atoms with Crippen molar-refractivity contribution in [2.24, 2.45) is 11.8 Å². The second-order valence-electron chi connectivity index (χ2n) is 7.34. The molecule has 0 aliphatic rings. The van der Waals surface area contributed by atoms with Crippen molar-refractivity contribution in [3.05, 3.63) is 0 Å². The Morgan fingerprint density at radius 2 is 1.09 bits per heavy atom. The number of ketones is 1. The summed E-state index contributed by atoms with van der Waals surface area (Å²) in [4.78, 5) is 12.0. The molecule has 0 aromatic heterocycles. The quantitative estimate of drug-likeness (QED) is 0.273. The molecule has 1 atom stereocenters. The van der Waals surface area contributed by atoms with Gasteiger partial charge in [-0.3, -0.25) is 4.79 Å². The maximum Gasteiger partial charge on any atom is 0.138 e. The minimum Gasteiger partial charge on any atom is -0.299 e. The summed E-state index contributed by atoms with van der Waals surface area (Å²) in [5.41, 5.74) is 0. The summed E-state index contributed by atoms with van der Waals surface area (Å²) in [6.07, 6.45) is 18.8. The first-order valence-electron chi connectivity index (χ1n) is 10.2. The highest BCUT2D eigenvalue weighted by atomic mass is 16.1. The summed E-state index contributed by atoms with van der Waals surface area (Å²) in [7, 11) is 0. The molecule has 22 heavy (non-hydrogen) atoms. The normalized spacial score (nSPS) is 12.8. The lowest BCUT2D eigenvalue weighted by Gasteiger charge is -2.15. The van der Waals surface area contributed by atoms with E-state index in [1.54, 1.807) is 0 Å². The minimum atomic E-state index is 0.210. The van der Waals surface area contributed by atoms with Gasteiger partial charge in [0.15, 0.2) is 0 Å². The van der Waals surface area contributed by atoms with E-state index in [-0.39, 0.29) is 5.92 Å². The molecule has 0 heterocycles. The second-order valence-corrected chi connectivity index (χ2v) is 7.34. The molecule has 0 rings (SSSR count). The average molecular weight is 311 g/mol. The van der Waals surface area contributed by atoms with Crippen LogP contribution in [0.2, 0.25) is 0 Å². The van der Waals surface area contributed by atoms with Gasteiger partial charge < -0.3 is 0 Å². The van der Waals surface area contributed by atoms with Crippen molar-refractivity contribution < 1.29 is 4.79 Å². The van der Waals surface area contributed by atoms with Crippen molar-refractivity contribution in [2.45, 2.75) is 118 Å². The van der Waals surface area contributed by atoms with Gasteiger partial charge in [0.05, 0.1) is 0 Å². The van der Waals surface area contributed by atoms with Crippen molar-refractivity contribution >= 4 is 5.78 Å². The Balaban J connectivity index is 3.34. The molecule has 0 saturated carbocycles. The Labute approximate surface area is 140 Å². The van der Waals surface area contributed by atoms with E-state index in [4.69, 9.17) is 0 Å². The van der Waals surface area contributed by atoms with Crippen LogP contribution in [0.5, 0.6) is 0 Å².